The van der Waals surface area contributed by atoms with Crippen LogP contribution in [0.15, 0.2) is 6.20 Å². The lowest BCUT2D eigenvalue weighted by molar-refractivity contribution is -0.384. The van der Waals surface area contributed by atoms with Crippen LogP contribution in [0.2, 0.25) is 0 Å². The van der Waals surface area contributed by atoms with Gasteiger partial charge < -0.3 is 5.32 Å². The predicted molar refractivity (Wildman–Crippen MR) is 64.9 cm³/mol. The molecule has 0 spiro atoms. The van der Waals surface area contributed by atoms with Gasteiger partial charge in [-0.15, -0.1) is 5.10 Å². The maximum absolute atomic E-state index is 10.8. The van der Waals surface area contributed by atoms with Crippen LogP contribution in [-0.2, 0) is 7.05 Å². The summed E-state index contributed by atoms with van der Waals surface area (Å²) in [5.74, 6) is 0.389. The van der Waals surface area contributed by atoms with E-state index >= 15 is 0 Å². The minimum absolute atomic E-state index is 0.0530. The lowest BCUT2D eigenvalue weighted by Crippen LogP contribution is -2.18. The Morgan fingerprint density at radius 3 is 2.88 bits per heavy atom. The van der Waals surface area contributed by atoms with Crippen molar-refractivity contribution in [2.24, 2.45) is 12.5 Å². The molecule has 0 aliphatic heterocycles. The Kier molecular flexibility index (Phi) is 2.81. The molecule has 6 heteroatoms. The van der Waals surface area contributed by atoms with Crippen LogP contribution in [0, 0.1) is 15.5 Å². The van der Waals surface area contributed by atoms with Crippen LogP contribution >= 0.6 is 0 Å². The highest BCUT2D eigenvalue weighted by atomic mass is 16.6. The molecule has 1 unspecified atom stereocenters. The summed E-state index contributed by atoms with van der Waals surface area (Å²) in [6, 6.07) is 0.290. The smallest absolute Gasteiger partial charge is 0.330 e. The summed E-state index contributed by atoms with van der Waals surface area (Å²) in [6.45, 7) is 4.45. The molecular formula is C11H18N4O2. The summed E-state index contributed by atoms with van der Waals surface area (Å²) in [6.07, 6.45) is 4.65. The van der Waals surface area contributed by atoms with Crippen LogP contribution in [0.3, 0.4) is 0 Å². The Morgan fingerprint density at radius 2 is 2.35 bits per heavy atom. The molecule has 1 aliphatic rings. The SMILES string of the molecule is Cn1cc([N+](=O)[O-])c(NC2CCC(C)(C)C2)n1. The second-order valence-electron chi connectivity index (χ2n) is 5.54. The summed E-state index contributed by atoms with van der Waals surface area (Å²) in [7, 11) is 1.69. The van der Waals surface area contributed by atoms with Gasteiger partial charge in [0.1, 0.15) is 6.20 Å². The molecule has 0 saturated heterocycles. The molecule has 94 valence electrons. The van der Waals surface area contributed by atoms with Gasteiger partial charge in [0.15, 0.2) is 0 Å². The van der Waals surface area contributed by atoms with E-state index in [1.54, 1.807) is 7.05 Å². The van der Waals surface area contributed by atoms with Gasteiger partial charge >= 0.3 is 5.69 Å². The number of hydrogen-bond acceptors (Lipinski definition) is 4. The maximum atomic E-state index is 10.8. The average molecular weight is 238 g/mol. The molecule has 1 fully saturated rings. The van der Waals surface area contributed by atoms with Gasteiger partial charge in [-0.1, -0.05) is 13.8 Å². The zero-order valence-corrected chi connectivity index (χ0v) is 10.4. The molecular weight excluding hydrogens is 220 g/mol. The molecule has 6 nitrogen and oxygen atoms in total. The molecule has 1 N–H and O–H groups in total. The fourth-order valence-electron chi connectivity index (χ4n) is 2.47. The van der Waals surface area contributed by atoms with Gasteiger partial charge in [0.25, 0.3) is 0 Å². The second kappa shape index (κ2) is 4.01. The monoisotopic (exact) mass is 238 g/mol. The molecule has 0 bridgehead atoms. The van der Waals surface area contributed by atoms with E-state index < -0.39 is 4.92 Å². The van der Waals surface area contributed by atoms with Crippen molar-refractivity contribution in [3.05, 3.63) is 16.3 Å². The van der Waals surface area contributed by atoms with E-state index in [1.165, 1.54) is 10.9 Å². The van der Waals surface area contributed by atoms with Crippen molar-refractivity contribution in [2.75, 3.05) is 5.32 Å². The Morgan fingerprint density at radius 1 is 1.65 bits per heavy atom. The highest BCUT2D eigenvalue weighted by Gasteiger charge is 2.32. The number of aryl methyl sites for hydroxylation is 1. The molecule has 0 radical (unpaired) electrons. The van der Waals surface area contributed by atoms with Crippen molar-refractivity contribution in [1.29, 1.82) is 0 Å². The third kappa shape index (κ3) is 2.57. The maximum Gasteiger partial charge on any atom is 0.330 e. The Balaban J connectivity index is 2.11. The van der Waals surface area contributed by atoms with E-state index in [9.17, 15) is 10.1 Å². The average Bonchev–Trinajstić information content (AvgIpc) is 2.70. The lowest BCUT2D eigenvalue weighted by Gasteiger charge is -2.17. The molecule has 0 aromatic carbocycles. The number of nitrogens with one attached hydrogen (secondary N) is 1. The van der Waals surface area contributed by atoms with Crippen molar-refractivity contribution in [1.82, 2.24) is 9.78 Å². The number of nitro groups is 1. The van der Waals surface area contributed by atoms with Crippen LogP contribution in [0.25, 0.3) is 0 Å². The summed E-state index contributed by atoms with van der Waals surface area (Å²) in [5.41, 5.74) is 0.374. The first-order valence-electron chi connectivity index (χ1n) is 5.82. The van der Waals surface area contributed by atoms with E-state index in [0.717, 1.165) is 19.3 Å². The standard InChI is InChI=1S/C11H18N4O2/c1-11(2)5-4-8(6-11)12-10-9(15(16)17)7-14(3)13-10/h7-8H,4-6H2,1-3H3,(H,12,13). The van der Waals surface area contributed by atoms with E-state index in [4.69, 9.17) is 0 Å². The van der Waals surface area contributed by atoms with Crippen LogP contribution < -0.4 is 5.32 Å². The van der Waals surface area contributed by atoms with Gasteiger partial charge in [0.2, 0.25) is 5.82 Å². The fourth-order valence-corrected chi connectivity index (χ4v) is 2.47. The largest absolute Gasteiger partial charge is 0.360 e. The van der Waals surface area contributed by atoms with Gasteiger partial charge in [0, 0.05) is 13.1 Å². The quantitative estimate of drug-likeness (QED) is 0.647. The molecule has 1 atom stereocenters. The fraction of sp³-hybridized carbons (Fsp3) is 0.727. The van der Waals surface area contributed by atoms with Crippen molar-refractivity contribution in [2.45, 2.75) is 39.2 Å². The normalized spacial score (nSPS) is 22.6. The van der Waals surface area contributed by atoms with Crippen molar-refractivity contribution >= 4 is 11.5 Å². The first-order chi connectivity index (χ1) is 7.87. The molecule has 1 saturated carbocycles. The second-order valence-corrected chi connectivity index (χ2v) is 5.54. The van der Waals surface area contributed by atoms with E-state index in [0.29, 0.717) is 17.3 Å². The van der Waals surface area contributed by atoms with Crippen LogP contribution in [0.4, 0.5) is 11.5 Å². The number of rotatable bonds is 3. The van der Waals surface area contributed by atoms with Crippen LogP contribution in [0.1, 0.15) is 33.1 Å². The molecule has 0 amide bonds. The van der Waals surface area contributed by atoms with Gasteiger partial charge in [-0.05, 0) is 24.7 Å². The Labute approximate surface area is 100 Å². The van der Waals surface area contributed by atoms with Gasteiger partial charge in [-0.25, -0.2) is 0 Å². The van der Waals surface area contributed by atoms with Crippen LogP contribution in [-0.4, -0.2) is 20.7 Å². The zero-order valence-electron chi connectivity index (χ0n) is 10.4. The highest BCUT2D eigenvalue weighted by molar-refractivity contribution is 5.55. The molecule has 1 heterocycles. The first kappa shape index (κ1) is 11.9. The number of hydrogen-bond donors (Lipinski definition) is 1. The summed E-state index contributed by atoms with van der Waals surface area (Å²) >= 11 is 0. The topological polar surface area (TPSA) is 73.0 Å². The van der Waals surface area contributed by atoms with Crippen LogP contribution in [0.5, 0.6) is 0 Å². The van der Waals surface area contributed by atoms with E-state index in [1.807, 2.05) is 0 Å². The zero-order chi connectivity index (χ0) is 12.6. The van der Waals surface area contributed by atoms with E-state index in [-0.39, 0.29) is 5.69 Å². The molecule has 1 aromatic rings. The van der Waals surface area contributed by atoms with Crippen molar-refractivity contribution in [3.63, 3.8) is 0 Å². The molecule has 1 aromatic heterocycles. The van der Waals surface area contributed by atoms with E-state index in [2.05, 4.69) is 24.3 Å². The Bertz CT molecular complexity index is 439. The van der Waals surface area contributed by atoms with Gasteiger partial charge in [-0.3, -0.25) is 14.8 Å². The summed E-state index contributed by atoms with van der Waals surface area (Å²) < 4.78 is 1.47. The van der Waals surface area contributed by atoms with Gasteiger partial charge in [-0.2, -0.15) is 0 Å². The first-order valence-corrected chi connectivity index (χ1v) is 5.82. The van der Waals surface area contributed by atoms with Crippen molar-refractivity contribution in [3.8, 4) is 0 Å². The van der Waals surface area contributed by atoms with Crippen molar-refractivity contribution < 1.29 is 4.92 Å². The Hall–Kier alpha value is -1.59. The minimum Gasteiger partial charge on any atom is -0.360 e. The predicted octanol–water partition coefficient (Wildman–Crippen LogP) is 2.32. The number of anilines is 1. The number of aromatic nitrogens is 2. The molecule has 17 heavy (non-hydrogen) atoms. The summed E-state index contributed by atoms with van der Waals surface area (Å²) in [5, 5.41) is 18.1. The number of nitrogens with zero attached hydrogens (tertiary/aromatic N) is 3. The lowest BCUT2D eigenvalue weighted by atomic mass is 9.92. The summed E-state index contributed by atoms with van der Waals surface area (Å²) in [4.78, 5) is 10.5. The molecule has 1 aliphatic carbocycles. The van der Waals surface area contributed by atoms with Gasteiger partial charge in [0.05, 0.1) is 4.92 Å². The third-order valence-electron chi connectivity index (χ3n) is 3.32. The third-order valence-corrected chi connectivity index (χ3v) is 3.32. The molecule has 2 rings (SSSR count). The minimum atomic E-state index is -0.393. The highest BCUT2D eigenvalue weighted by Crippen LogP contribution is 2.38.